The van der Waals surface area contributed by atoms with E-state index in [1.54, 1.807) is 11.3 Å². The minimum atomic E-state index is 0.228. The Morgan fingerprint density at radius 3 is 3.17 bits per heavy atom. The molecule has 0 bridgehead atoms. The van der Waals surface area contributed by atoms with Gasteiger partial charge in [0.05, 0.1) is 9.88 Å². The van der Waals surface area contributed by atoms with Crippen molar-refractivity contribution in [3.8, 4) is 10.7 Å². The van der Waals surface area contributed by atoms with E-state index in [0.717, 1.165) is 47.6 Å². The van der Waals surface area contributed by atoms with Crippen LogP contribution in [0.3, 0.4) is 0 Å². The van der Waals surface area contributed by atoms with Crippen LogP contribution in [0, 0.1) is 6.92 Å². The van der Waals surface area contributed by atoms with Crippen LogP contribution in [-0.4, -0.2) is 39.3 Å². The average Bonchev–Trinajstić information content (AvgIpc) is 2.97. The highest BCUT2D eigenvalue weighted by atomic mass is 32.1. The molecule has 1 unspecified atom stereocenters. The maximum absolute atomic E-state index is 5.97. The van der Waals surface area contributed by atoms with Gasteiger partial charge in [-0.1, -0.05) is 0 Å². The molecule has 18 heavy (non-hydrogen) atoms. The molecule has 2 aromatic heterocycles. The maximum Gasteiger partial charge on any atom is 0.245 e. The summed E-state index contributed by atoms with van der Waals surface area (Å²) in [5.41, 5.74) is 5.97. The Morgan fingerprint density at radius 1 is 1.56 bits per heavy atom. The minimum Gasteiger partial charge on any atom is -0.338 e. The van der Waals surface area contributed by atoms with Crippen LogP contribution >= 0.6 is 11.3 Å². The van der Waals surface area contributed by atoms with E-state index in [-0.39, 0.29) is 6.04 Å². The molecule has 6 nitrogen and oxygen atoms in total. The van der Waals surface area contributed by atoms with E-state index in [9.17, 15) is 0 Å². The summed E-state index contributed by atoms with van der Waals surface area (Å²) >= 11 is 1.61. The van der Waals surface area contributed by atoms with Gasteiger partial charge in [-0.3, -0.25) is 5.10 Å². The Bertz CT molecular complexity index is 533. The number of hydrogen-bond donors (Lipinski definition) is 2. The molecule has 7 heteroatoms. The molecule has 1 fully saturated rings. The van der Waals surface area contributed by atoms with Crippen molar-refractivity contribution >= 4 is 17.3 Å². The quantitative estimate of drug-likeness (QED) is 0.850. The Balaban J connectivity index is 1.80. The molecule has 3 N–H and O–H groups in total. The lowest BCUT2D eigenvalue weighted by Gasteiger charge is -2.29. The van der Waals surface area contributed by atoms with Gasteiger partial charge in [0, 0.05) is 25.3 Å². The highest BCUT2D eigenvalue weighted by molar-refractivity contribution is 7.14. The van der Waals surface area contributed by atoms with Crippen molar-refractivity contribution in [1.82, 2.24) is 20.2 Å². The van der Waals surface area contributed by atoms with Crippen molar-refractivity contribution in [2.24, 2.45) is 5.73 Å². The fourth-order valence-corrected chi connectivity index (χ4v) is 2.88. The van der Waals surface area contributed by atoms with Gasteiger partial charge in [-0.2, -0.15) is 4.98 Å². The molecule has 0 aliphatic carbocycles. The number of nitrogens with one attached hydrogen (secondary N) is 1. The standard InChI is InChI=1S/C11H16N6S/c1-7-13-5-9(18-7)10-14-11(16-15-10)17-4-2-3-8(12)6-17/h5,8H,2-4,6,12H2,1H3,(H,14,15,16). The summed E-state index contributed by atoms with van der Waals surface area (Å²) in [6, 6.07) is 0.228. The molecular formula is C11H16N6S. The summed E-state index contributed by atoms with van der Waals surface area (Å²) < 4.78 is 0. The van der Waals surface area contributed by atoms with Crippen LogP contribution in [-0.2, 0) is 0 Å². The number of aromatic amines is 1. The first-order chi connectivity index (χ1) is 8.72. The van der Waals surface area contributed by atoms with E-state index in [1.807, 2.05) is 13.1 Å². The monoisotopic (exact) mass is 264 g/mol. The molecule has 1 aliphatic rings. The van der Waals surface area contributed by atoms with Crippen molar-refractivity contribution in [3.05, 3.63) is 11.2 Å². The van der Waals surface area contributed by atoms with Crippen molar-refractivity contribution in [1.29, 1.82) is 0 Å². The zero-order valence-electron chi connectivity index (χ0n) is 10.3. The van der Waals surface area contributed by atoms with Gasteiger partial charge in [-0.05, 0) is 19.8 Å². The molecule has 0 aromatic carbocycles. The van der Waals surface area contributed by atoms with Crippen LogP contribution in [0.25, 0.3) is 10.7 Å². The number of rotatable bonds is 2. The smallest absolute Gasteiger partial charge is 0.245 e. The number of nitrogens with zero attached hydrogens (tertiary/aromatic N) is 4. The molecule has 1 atom stereocenters. The highest BCUT2D eigenvalue weighted by Gasteiger charge is 2.20. The van der Waals surface area contributed by atoms with Crippen LogP contribution in [0.4, 0.5) is 5.95 Å². The summed E-state index contributed by atoms with van der Waals surface area (Å²) in [6.45, 7) is 3.79. The van der Waals surface area contributed by atoms with Gasteiger partial charge >= 0.3 is 0 Å². The summed E-state index contributed by atoms with van der Waals surface area (Å²) in [4.78, 5) is 11.9. The molecule has 0 spiro atoms. The number of aromatic nitrogens is 4. The molecule has 1 aliphatic heterocycles. The zero-order valence-corrected chi connectivity index (χ0v) is 11.1. The van der Waals surface area contributed by atoms with E-state index in [1.165, 1.54) is 0 Å². The Morgan fingerprint density at radius 2 is 2.44 bits per heavy atom. The first-order valence-corrected chi connectivity index (χ1v) is 6.90. The predicted molar refractivity (Wildman–Crippen MR) is 71.7 cm³/mol. The lowest BCUT2D eigenvalue weighted by atomic mass is 10.1. The van der Waals surface area contributed by atoms with Gasteiger partial charge in [0.25, 0.3) is 0 Å². The van der Waals surface area contributed by atoms with Crippen LogP contribution < -0.4 is 10.6 Å². The third-order valence-corrected chi connectivity index (χ3v) is 3.99. The van der Waals surface area contributed by atoms with Crippen LogP contribution in [0.15, 0.2) is 6.20 Å². The van der Waals surface area contributed by atoms with Crippen molar-refractivity contribution in [2.75, 3.05) is 18.0 Å². The van der Waals surface area contributed by atoms with Crippen LogP contribution in [0.5, 0.6) is 0 Å². The number of anilines is 1. The first-order valence-electron chi connectivity index (χ1n) is 6.08. The molecule has 96 valence electrons. The van der Waals surface area contributed by atoms with Gasteiger partial charge < -0.3 is 10.6 Å². The fourth-order valence-electron chi connectivity index (χ4n) is 2.17. The third-order valence-electron chi connectivity index (χ3n) is 3.07. The molecule has 3 rings (SSSR count). The molecular weight excluding hydrogens is 248 g/mol. The van der Waals surface area contributed by atoms with Crippen LogP contribution in [0.1, 0.15) is 17.8 Å². The molecule has 3 heterocycles. The van der Waals surface area contributed by atoms with Gasteiger partial charge in [0.2, 0.25) is 5.95 Å². The summed E-state index contributed by atoms with van der Waals surface area (Å²) in [5.74, 6) is 1.53. The number of aryl methyl sites for hydroxylation is 1. The lowest BCUT2D eigenvalue weighted by molar-refractivity contribution is 0.500. The molecule has 0 amide bonds. The van der Waals surface area contributed by atoms with E-state index in [2.05, 4.69) is 25.1 Å². The summed E-state index contributed by atoms with van der Waals surface area (Å²) in [5, 5.41) is 8.28. The maximum atomic E-state index is 5.97. The van der Waals surface area contributed by atoms with Gasteiger partial charge in [0.15, 0.2) is 5.82 Å². The minimum absolute atomic E-state index is 0.228. The van der Waals surface area contributed by atoms with E-state index < -0.39 is 0 Å². The number of nitrogens with two attached hydrogens (primary N) is 1. The molecule has 2 aromatic rings. The second kappa shape index (κ2) is 4.66. The van der Waals surface area contributed by atoms with Gasteiger partial charge in [0.1, 0.15) is 0 Å². The topological polar surface area (TPSA) is 83.7 Å². The molecule has 0 saturated carbocycles. The summed E-state index contributed by atoms with van der Waals surface area (Å²) in [6.07, 6.45) is 4.01. The lowest BCUT2D eigenvalue weighted by Crippen LogP contribution is -2.43. The molecule has 1 saturated heterocycles. The van der Waals surface area contributed by atoms with Gasteiger partial charge in [-0.25, -0.2) is 4.98 Å². The largest absolute Gasteiger partial charge is 0.338 e. The van der Waals surface area contributed by atoms with Crippen molar-refractivity contribution in [2.45, 2.75) is 25.8 Å². The number of piperidine rings is 1. The SMILES string of the molecule is Cc1ncc(-c2nc(N3CCCC(N)C3)n[nH]2)s1. The number of thiazole rings is 1. The van der Waals surface area contributed by atoms with E-state index >= 15 is 0 Å². The van der Waals surface area contributed by atoms with E-state index in [4.69, 9.17) is 5.73 Å². The zero-order chi connectivity index (χ0) is 12.5. The third kappa shape index (κ3) is 2.23. The Hall–Kier alpha value is -1.47. The highest BCUT2D eigenvalue weighted by Crippen LogP contribution is 2.24. The second-order valence-electron chi connectivity index (χ2n) is 4.58. The fraction of sp³-hybridized carbons (Fsp3) is 0.545. The first kappa shape index (κ1) is 11.6. The number of H-pyrrole nitrogens is 1. The summed E-state index contributed by atoms with van der Waals surface area (Å²) in [7, 11) is 0. The van der Waals surface area contributed by atoms with Crippen LogP contribution in [0.2, 0.25) is 0 Å². The average molecular weight is 264 g/mol. The van der Waals surface area contributed by atoms with Crippen molar-refractivity contribution < 1.29 is 0 Å². The predicted octanol–water partition coefficient (Wildman–Crippen LogP) is 1.16. The normalized spacial score (nSPS) is 20.3. The van der Waals surface area contributed by atoms with Gasteiger partial charge in [-0.15, -0.1) is 16.4 Å². The Kier molecular flexibility index (Phi) is 3.00. The molecule has 0 radical (unpaired) electrons. The van der Waals surface area contributed by atoms with E-state index in [0.29, 0.717) is 0 Å². The number of hydrogen-bond acceptors (Lipinski definition) is 6. The Labute approximate surface area is 109 Å². The van der Waals surface area contributed by atoms with Crippen molar-refractivity contribution in [3.63, 3.8) is 0 Å². The second-order valence-corrected chi connectivity index (χ2v) is 5.81.